The van der Waals surface area contributed by atoms with Gasteiger partial charge in [0.15, 0.2) is 0 Å². The van der Waals surface area contributed by atoms with E-state index in [1.807, 2.05) is 0 Å². The van der Waals surface area contributed by atoms with Crippen LogP contribution in [0.15, 0.2) is 49.0 Å². The van der Waals surface area contributed by atoms with Gasteiger partial charge in [0, 0.05) is 0 Å². The van der Waals surface area contributed by atoms with Crippen LogP contribution >= 0.6 is 0 Å². The summed E-state index contributed by atoms with van der Waals surface area (Å²) in [6.07, 6.45) is 0. The molecule has 0 aliphatic rings. The summed E-state index contributed by atoms with van der Waals surface area (Å²) in [7, 11) is 0. The molecule has 0 nitrogen and oxygen atoms in total. The van der Waals surface area contributed by atoms with Gasteiger partial charge in [0.05, 0.1) is 0 Å². The minimum atomic E-state index is 0.546. The second kappa shape index (κ2) is 5.44. The summed E-state index contributed by atoms with van der Waals surface area (Å²) < 4.78 is 0. The maximum absolute atomic E-state index is 4.32. The van der Waals surface area contributed by atoms with Crippen LogP contribution in [0.1, 0.15) is 47.6 Å². The van der Waals surface area contributed by atoms with E-state index in [1.165, 1.54) is 27.8 Å². The molecule has 0 N–H and O–H groups in total. The Bertz CT molecular complexity index is 603. The van der Waals surface area contributed by atoms with E-state index in [1.54, 1.807) is 0 Å². The third-order valence-electron chi connectivity index (χ3n) is 3.79. The first-order valence-corrected chi connectivity index (χ1v) is 6.87. The van der Waals surface area contributed by atoms with Gasteiger partial charge in [-0.2, -0.15) is 0 Å². The molecule has 0 fully saturated rings. The first-order valence-electron chi connectivity index (χ1n) is 6.87. The van der Waals surface area contributed by atoms with Gasteiger partial charge in [-0.3, -0.25) is 0 Å². The standard InChI is InChI=1S/C19H22/c1-13(2)17-11-8-12-19(15(17)4)16(5)18-10-7-6-9-14(18)3/h6-13H,5H2,1-4H3. The van der Waals surface area contributed by atoms with Gasteiger partial charge in [0.25, 0.3) is 0 Å². The summed E-state index contributed by atoms with van der Waals surface area (Å²) in [4.78, 5) is 0. The van der Waals surface area contributed by atoms with Crippen LogP contribution in [0.5, 0.6) is 0 Å². The van der Waals surface area contributed by atoms with Crippen molar-refractivity contribution in [2.24, 2.45) is 0 Å². The summed E-state index contributed by atoms with van der Waals surface area (Å²) in [6, 6.07) is 15.0. The minimum Gasteiger partial charge on any atom is -0.0905 e. The molecule has 2 aromatic carbocycles. The summed E-state index contributed by atoms with van der Waals surface area (Å²) in [6.45, 7) is 13.1. The van der Waals surface area contributed by atoms with Gasteiger partial charge in [0.1, 0.15) is 0 Å². The van der Waals surface area contributed by atoms with Crippen LogP contribution < -0.4 is 0 Å². The van der Waals surface area contributed by atoms with Gasteiger partial charge in [-0.25, -0.2) is 0 Å². The normalized spacial score (nSPS) is 10.8. The molecule has 0 aromatic heterocycles. The Labute approximate surface area is 116 Å². The summed E-state index contributed by atoms with van der Waals surface area (Å²) in [5, 5.41) is 0. The number of hydrogen-bond acceptors (Lipinski definition) is 0. The highest BCUT2D eigenvalue weighted by Crippen LogP contribution is 2.30. The molecule has 0 saturated heterocycles. The lowest BCUT2D eigenvalue weighted by Gasteiger charge is -2.17. The first-order chi connectivity index (χ1) is 9.02. The molecular weight excluding hydrogens is 228 g/mol. The fourth-order valence-electron chi connectivity index (χ4n) is 2.66. The highest BCUT2D eigenvalue weighted by Gasteiger charge is 2.11. The Morgan fingerprint density at radius 1 is 0.895 bits per heavy atom. The van der Waals surface area contributed by atoms with Crippen molar-refractivity contribution < 1.29 is 0 Å². The fourth-order valence-corrected chi connectivity index (χ4v) is 2.66. The van der Waals surface area contributed by atoms with Crippen molar-refractivity contribution in [3.05, 3.63) is 76.9 Å². The van der Waals surface area contributed by atoms with Crippen LogP contribution in [0, 0.1) is 13.8 Å². The van der Waals surface area contributed by atoms with Crippen molar-refractivity contribution in [3.63, 3.8) is 0 Å². The van der Waals surface area contributed by atoms with E-state index in [-0.39, 0.29) is 0 Å². The van der Waals surface area contributed by atoms with E-state index in [0.717, 1.165) is 5.57 Å². The van der Waals surface area contributed by atoms with Gasteiger partial charge < -0.3 is 0 Å². The van der Waals surface area contributed by atoms with Crippen molar-refractivity contribution in [3.8, 4) is 0 Å². The SMILES string of the molecule is C=C(c1ccccc1C)c1cccc(C(C)C)c1C. The molecule has 0 aliphatic carbocycles. The van der Waals surface area contributed by atoms with E-state index in [9.17, 15) is 0 Å². The van der Waals surface area contributed by atoms with Crippen LogP contribution in [-0.4, -0.2) is 0 Å². The third-order valence-corrected chi connectivity index (χ3v) is 3.79. The van der Waals surface area contributed by atoms with E-state index in [4.69, 9.17) is 0 Å². The highest BCUT2D eigenvalue weighted by atomic mass is 14.2. The molecule has 0 heteroatoms. The van der Waals surface area contributed by atoms with Gasteiger partial charge in [0.2, 0.25) is 0 Å². The molecule has 0 bridgehead atoms. The maximum Gasteiger partial charge on any atom is -0.0152 e. The van der Waals surface area contributed by atoms with Crippen LogP contribution in [0.2, 0.25) is 0 Å². The number of aryl methyl sites for hydroxylation is 1. The summed E-state index contributed by atoms with van der Waals surface area (Å²) in [5.74, 6) is 0.546. The van der Waals surface area contributed by atoms with E-state index in [2.05, 4.69) is 76.7 Å². The molecule has 0 saturated carbocycles. The molecule has 2 rings (SSSR count). The molecule has 0 aliphatic heterocycles. The predicted molar refractivity (Wildman–Crippen MR) is 84.6 cm³/mol. The van der Waals surface area contributed by atoms with Crippen molar-refractivity contribution >= 4 is 5.57 Å². The lowest BCUT2D eigenvalue weighted by atomic mass is 9.88. The van der Waals surface area contributed by atoms with Crippen LogP contribution in [0.4, 0.5) is 0 Å². The summed E-state index contributed by atoms with van der Waals surface area (Å²) >= 11 is 0. The molecule has 0 atom stereocenters. The van der Waals surface area contributed by atoms with Crippen LogP contribution in [0.25, 0.3) is 5.57 Å². The topological polar surface area (TPSA) is 0 Å². The number of rotatable bonds is 3. The monoisotopic (exact) mass is 250 g/mol. The third kappa shape index (κ3) is 2.63. The van der Waals surface area contributed by atoms with E-state index in [0.29, 0.717) is 5.92 Å². The van der Waals surface area contributed by atoms with Crippen molar-refractivity contribution in [1.29, 1.82) is 0 Å². The highest BCUT2D eigenvalue weighted by molar-refractivity contribution is 5.81. The Balaban J connectivity index is 2.51. The molecule has 0 radical (unpaired) electrons. The second-order valence-corrected chi connectivity index (χ2v) is 5.47. The van der Waals surface area contributed by atoms with Crippen molar-refractivity contribution in [2.75, 3.05) is 0 Å². The van der Waals surface area contributed by atoms with Crippen molar-refractivity contribution in [2.45, 2.75) is 33.6 Å². The Morgan fingerprint density at radius 2 is 1.53 bits per heavy atom. The zero-order valence-electron chi connectivity index (χ0n) is 12.3. The van der Waals surface area contributed by atoms with Gasteiger partial charge in [-0.05, 0) is 53.2 Å². The van der Waals surface area contributed by atoms with Crippen LogP contribution in [0.3, 0.4) is 0 Å². The lowest BCUT2D eigenvalue weighted by Crippen LogP contribution is -1.98. The Kier molecular flexibility index (Phi) is 3.90. The lowest BCUT2D eigenvalue weighted by molar-refractivity contribution is 0.855. The number of hydrogen-bond donors (Lipinski definition) is 0. The summed E-state index contributed by atoms with van der Waals surface area (Å²) in [5.41, 5.74) is 7.67. The fraction of sp³-hybridized carbons (Fsp3) is 0.263. The molecule has 19 heavy (non-hydrogen) atoms. The van der Waals surface area contributed by atoms with E-state index < -0.39 is 0 Å². The molecular formula is C19H22. The van der Waals surface area contributed by atoms with Gasteiger partial charge in [-0.15, -0.1) is 0 Å². The van der Waals surface area contributed by atoms with Gasteiger partial charge >= 0.3 is 0 Å². The Hall–Kier alpha value is -1.82. The predicted octanol–water partition coefficient (Wildman–Crippen LogP) is 5.49. The molecule has 0 amide bonds. The molecule has 0 heterocycles. The number of benzene rings is 2. The zero-order chi connectivity index (χ0) is 14.0. The Morgan fingerprint density at radius 3 is 2.16 bits per heavy atom. The van der Waals surface area contributed by atoms with Crippen LogP contribution in [-0.2, 0) is 0 Å². The maximum atomic E-state index is 4.32. The zero-order valence-corrected chi connectivity index (χ0v) is 12.3. The van der Waals surface area contributed by atoms with E-state index >= 15 is 0 Å². The first kappa shape index (κ1) is 13.6. The van der Waals surface area contributed by atoms with Crippen molar-refractivity contribution in [1.82, 2.24) is 0 Å². The quantitative estimate of drug-likeness (QED) is 0.676. The minimum absolute atomic E-state index is 0.546. The van der Waals surface area contributed by atoms with Gasteiger partial charge in [-0.1, -0.05) is 62.9 Å². The average Bonchev–Trinajstić information content (AvgIpc) is 2.38. The second-order valence-electron chi connectivity index (χ2n) is 5.47. The molecule has 0 spiro atoms. The molecule has 0 unspecified atom stereocenters. The average molecular weight is 250 g/mol. The smallest absolute Gasteiger partial charge is 0.0152 e. The molecule has 98 valence electrons. The molecule has 2 aromatic rings. The largest absolute Gasteiger partial charge is 0.0905 e.